The second-order valence-electron chi connectivity index (χ2n) is 3.61. The van der Waals surface area contributed by atoms with Crippen LogP contribution in [0.25, 0.3) is 0 Å². The maximum absolute atomic E-state index is 11.4. The van der Waals surface area contributed by atoms with E-state index in [9.17, 15) is 9.59 Å². The van der Waals surface area contributed by atoms with Gasteiger partial charge < -0.3 is 10.2 Å². The second-order valence-corrected chi connectivity index (χ2v) is 3.61. The van der Waals surface area contributed by atoms with Gasteiger partial charge in [0.2, 0.25) is 0 Å². The summed E-state index contributed by atoms with van der Waals surface area (Å²) in [6.45, 7) is 7.19. The molecule has 4 nitrogen and oxygen atoms in total. The third-order valence-electron chi connectivity index (χ3n) is 2.44. The first-order chi connectivity index (χ1) is 6.07. The first-order valence-electron chi connectivity index (χ1n) is 4.66. The topological polar surface area (TPSA) is 49.4 Å². The number of likely N-dealkylation sites (N-methyl/N-ethyl adjacent to an activating group) is 1. The molecule has 1 N–H and O–H groups in total. The molecule has 74 valence electrons. The predicted octanol–water partition coefficient (Wildman–Crippen LogP) is -0.0107. The summed E-state index contributed by atoms with van der Waals surface area (Å²) in [6.07, 6.45) is 0. The van der Waals surface area contributed by atoms with Crippen LogP contribution in [0.15, 0.2) is 0 Å². The molecule has 13 heavy (non-hydrogen) atoms. The molecule has 1 aliphatic heterocycles. The Morgan fingerprint density at radius 1 is 1.54 bits per heavy atom. The van der Waals surface area contributed by atoms with E-state index >= 15 is 0 Å². The minimum absolute atomic E-state index is 0.148. The molecule has 1 saturated heterocycles. The quantitative estimate of drug-likeness (QED) is 0.614. The highest BCUT2D eigenvalue weighted by atomic mass is 16.2. The molecule has 0 aromatic rings. The van der Waals surface area contributed by atoms with E-state index in [2.05, 4.69) is 19.2 Å². The first-order valence-corrected chi connectivity index (χ1v) is 4.66. The van der Waals surface area contributed by atoms with E-state index in [1.54, 1.807) is 4.90 Å². The Kier molecular flexibility index (Phi) is 2.90. The molecule has 1 aliphatic rings. The molecule has 1 unspecified atom stereocenters. The van der Waals surface area contributed by atoms with Crippen LogP contribution in [-0.2, 0) is 9.59 Å². The van der Waals surface area contributed by atoms with Crippen LogP contribution in [0.3, 0.4) is 0 Å². The zero-order valence-electron chi connectivity index (χ0n) is 8.33. The van der Waals surface area contributed by atoms with Gasteiger partial charge in [-0.15, -0.1) is 0 Å². The molecule has 2 amide bonds. The number of hydrogen-bond donors (Lipinski definition) is 1. The van der Waals surface area contributed by atoms with Gasteiger partial charge in [0.25, 0.3) is 0 Å². The van der Waals surface area contributed by atoms with Crippen LogP contribution >= 0.6 is 0 Å². The van der Waals surface area contributed by atoms with E-state index in [-0.39, 0.29) is 6.04 Å². The highest BCUT2D eigenvalue weighted by Gasteiger charge is 2.33. The molecule has 0 saturated carbocycles. The molecular weight excluding hydrogens is 168 g/mol. The third-order valence-corrected chi connectivity index (χ3v) is 2.44. The van der Waals surface area contributed by atoms with Crippen molar-refractivity contribution in [2.45, 2.75) is 26.8 Å². The van der Waals surface area contributed by atoms with E-state index in [4.69, 9.17) is 0 Å². The lowest BCUT2D eigenvalue weighted by atomic mass is 10.0. The lowest BCUT2D eigenvalue weighted by Gasteiger charge is -2.36. The summed E-state index contributed by atoms with van der Waals surface area (Å²) in [7, 11) is 0. The van der Waals surface area contributed by atoms with E-state index in [1.165, 1.54) is 0 Å². The van der Waals surface area contributed by atoms with E-state index in [1.807, 2.05) is 6.92 Å². The Hall–Kier alpha value is -1.06. The van der Waals surface area contributed by atoms with Crippen molar-refractivity contribution in [3.8, 4) is 0 Å². The third kappa shape index (κ3) is 1.82. The summed E-state index contributed by atoms with van der Waals surface area (Å²) in [6, 6.07) is 0.148. The van der Waals surface area contributed by atoms with Crippen molar-refractivity contribution in [2.75, 3.05) is 13.1 Å². The Labute approximate surface area is 78.3 Å². The van der Waals surface area contributed by atoms with Gasteiger partial charge >= 0.3 is 11.8 Å². The summed E-state index contributed by atoms with van der Waals surface area (Å²) >= 11 is 0. The van der Waals surface area contributed by atoms with Crippen LogP contribution in [0.4, 0.5) is 0 Å². The number of nitrogens with one attached hydrogen (secondary N) is 1. The van der Waals surface area contributed by atoms with E-state index < -0.39 is 11.8 Å². The van der Waals surface area contributed by atoms with Crippen molar-refractivity contribution >= 4 is 11.8 Å². The molecule has 1 fully saturated rings. The van der Waals surface area contributed by atoms with Crippen molar-refractivity contribution in [1.82, 2.24) is 10.2 Å². The Morgan fingerprint density at radius 2 is 2.15 bits per heavy atom. The highest BCUT2D eigenvalue weighted by molar-refractivity contribution is 6.35. The molecule has 0 bridgehead atoms. The average Bonchev–Trinajstić information content (AvgIpc) is 2.09. The van der Waals surface area contributed by atoms with Crippen LogP contribution in [-0.4, -0.2) is 35.8 Å². The van der Waals surface area contributed by atoms with Gasteiger partial charge in [-0.1, -0.05) is 13.8 Å². The molecule has 0 spiro atoms. The van der Waals surface area contributed by atoms with Gasteiger partial charge in [-0.2, -0.15) is 0 Å². The normalized spacial score (nSPS) is 23.7. The van der Waals surface area contributed by atoms with Crippen LogP contribution < -0.4 is 5.32 Å². The zero-order valence-corrected chi connectivity index (χ0v) is 8.33. The lowest BCUT2D eigenvalue weighted by Crippen LogP contribution is -2.59. The molecule has 1 atom stereocenters. The smallest absolute Gasteiger partial charge is 0.312 e. The monoisotopic (exact) mass is 184 g/mol. The van der Waals surface area contributed by atoms with Crippen LogP contribution in [0, 0.1) is 5.92 Å². The van der Waals surface area contributed by atoms with E-state index in [0.717, 1.165) is 0 Å². The van der Waals surface area contributed by atoms with Crippen LogP contribution in [0.5, 0.6) is 0 Å². The fraction of sp³-hybridized carbons (Fsp3) is 0.778. The SMILES string of the molecule is CCN1C(=O)C(=O)NCC1C(C)C. The fourth-order valence-corrected chi connectivity index (χ4v) is 1.64. The number of carbonyl (C=O) groups is 2. The molecule has 1 heterocycles. The van der Waals surface area contributed by atoms with Crippen LogP contribution in [0.1, 0.15) is 20.8 Å². The fourth-order valence-electron chi connectivity index (χ4n) is 1.64. The predicted molar refractivity (Wildman–Crippen MR) is 49.0 cm³/mol. The molecule has 0 radical (unpaired) electrons. The number of nitrogens with zero attached hydrogens (tertiary/aromatic N) is 1. The maximum atomic E-state index is 11.4. The van der Waals surface area contributed by atoms with Crippen molar-refractivity contribution in [2.24, 2.45) is 5.92 Å². The molecule has 1 rings (SSSR count). The summed E-state index contributed by atoms with van der Waals surface area (Å²) < 4.78 is 0. The van der Waals surface area contributed by atoms with E-state index in [0.29, 0.717) is 19.0 Å². The largest absolute Gasteiger partial charge is 0.346 e. The number of hydrogen-bond acceptors (Lipinski definition) is 2. The van der Waals surface area contributed by atoms with Gasteiger partial charge in [0, 0.05) is 13.1 Å². The van der Waals surface area contributed by atoms with Crippen LogP contribution in [0.2, 0.25) is 0 Å². The van der Waals surface area contributed by atoms with Crippen molar-refractivity contribution in [3.05, 3.63) is 0 Å². The average molecular weight is 184 g/mol. The lowest BCUT2D eigenvalue weighted by molar-refractivity contribution is -0.151. The Bertz CT molecular complexity index is 226. The van der Waals surface area contributed by atoms with Gasteiger partial charge in [-0.25, -0.2) is 0 Å². The van der Waals surface area contributed by atoms with Gasteiger partial charge in [0.1, 0.15) is 0 Å². The minimum atomic E-state index is -0.473. The summed E-state index contributed by atoms with van der Waals surface area (Å²) in [5.74, 6) is -0.490. The summed E-state index contributed by atoms with van der Waals surface area (Å²) in [5.41, 5.74) is 0. The van der Waals surface area contributed by atoms with Gasteiger partial charge in [-0.3, -0.25) is 9.59 Å². The maximum Gasteiger partial charge on any atom is 0.312 e. The number of amides is 2. The molecule has 0 aromatic heterocycles. The van der Waals surface area contributed by atoms with Gasteiger partial charge in [0.05, 0.1) is 6.04 Å². The minimum Gasteiger partial charge on any atom is -0.346 e. The zero-order chi connectivity index (χ0) is 10.0. The molecule has 0 aromatic carbocycles. The number of rotatable bonds is 2. The van der Waals surface area contributed by atoms with Gasteiger partial charge in [-0.05, 0) is 12.8 Å². The first kappa shape index (κ1) is 10.0. The standard InChI is InChI=1S/C9H16N2O2/c1-4-11-7(6(2)3)5-10-8(12)9(11)13/h6-7H,4-5H2,1-3H3,(H,10,12). The van der Waals surface area contributed by atoms with Gasteiger partial charge in [0.15, 0.2) is 0 Å². The summed E-state index contributed by atoms with van der Waals surface area (Å²) in [4.78, 5) is 24.1. The molecule has 4 heteroatoms. The van der Waals surface area contributed by atoms with Crippen molar-refractivity contribution in [3.63, 3.8) is 0 Å². The molecular formula is C9H16N2O2. The Morgan fingerprint density at radius 3 is 2.62 bits per heavy atom. The second kappa shape index (κ2) is 3.77. The number of piperazine rings is 1. The Balaban J connectivity index is 2.77. The molecule has 0 aliphatic carbocycles. The van der Waals surface area contributed by atoms with Crippen molar-refractivity contribution < 1.29 is 9.59 Å². The van der Waals surface area contributed by atoms with Crippen molar-refractivity contribution in [1.29, 1.82) is 0 Å². The number of carbonyl (C=O) groups excluding carboxylic acids is 2. The summed E-state index contributed by atoms with van der Waals surface area (Å²) in [5, 5.41) is 2.60. The highest BCUT2D eigenvalue weighted by Crippen LogP contribution is 2.13.